The summed E-state index contributed by atoms with van der Waals surface area (Å²) in [5.74, 6) is -2.31. The third-order valence-corrected chi connectivity index (χ3v) is 6.74. The number of aryl methyl sites for hydroxylation is 1. The van der Waals surface area contributed by atoms with Crippen molar-refractivity contribution in [1.29, 1.82) is 5.41 Å². The minimum absolute atomic E-state index is 0.0534. The van der Waals surface area contributed by atoms with Gasteiger partial charge >= 0.3 is 6.18 Å². The van der Waals surface area contributed by atoms with Gasteiger partial charge in [0.2, 0.25) is 5.91 Å². The first-order valence-electron chi connectivity index (χ1n) is 10.9. The predicted molar refractivity (Wildman–Crippen MR) is 111 cm³/mol. The maximum atomic E-state index is 14.1. The van der Waals surface area contributed by atoms with Crippen LogP contribution in [0.2, 0.25) is 0 Å². The van der Waals surface area contributed by atoms with E-state index in [1.54, 1.807) is 0 Å². The number of halogens is 5. The zero-order chi connectivity index (χ0) is 23.7. The van der Waals surface area contributed by atoms with E-state index in [0.29, 0.717) is 31.4 Å². The number of likely N-dealkylation sites (N-methyl/N-ethyl adjacent to an activating group) is 1. The van der Waals surface area contributed by atoms with Gasteiger partial charge in [-0.15, -0.1) is 0 Å². The summed E-state index contributed by atoms with van der Waals surface area (Å²) in [7, 11) is 0. The molecule has 1 aromatic carbocycles. The summed E-state index contributed by atoms with van der Waals surface area (Å²) in [5.41, 5.74) is 0.894. The molecule has 10 heteroatoms. The number of nitrogens with one attached hydrogen (secondary N) is 2. The molecule has 1 aromatic rings. The number of nitrogens with zero attached hydrogens (tertiary/aromatic N) is 2. The number of fused-ring (bicyclic) bond motifs is 1. The van der Waals surface area contributed by atoms with Crippen LogP contribution >= 0.6 is 0 Å². The molecule has 1 saturated heterocycles. The van der Waals surface area contributed by atoms with E-state index in [0.717, 1.165) is 10.5 Å². The molecule has 1 amide bonds. The molecule has 0 aromatic heterocycles. The number of amides is 1. The Labute approximate surface area is 184 Å². The van der Waals surface area contributed by atoms with Crippen LogP contribution in [-0.4, -0.2) is 66.5 Å². The molecule has 0 bridgehead atoms. The topological polar surface area (TPSA) is 59.4 Å². The first kappa shape index (κ1) is 24.4. The van der Waals surface area contributed by atoms with Crippen molar-refractivity contribution in [2.24, 2.45) is 0 Å². The van der Waals surface area contributed by atoms with Crippen molar-refractivity contribution in [3.05, 3.63) is 34.9 Å². The fourth-order valence-electron chi connectivity index (χ4n) is 5.08. The molecule has 178 valence electrons. The van der Waals surface area contributed by atoms with Crippen LogP contribution in [0.4, 0.5) is 22.0 Å². The standard InChI is InChI=1S/C22H29F5N4O/c1-3-21(6-5-14-9-16(23)17(24)10-15(14)21)18(29-4-2)11-20(32)30-7-8-31(19(28)12-30)13-22(25,26)27/h9-10,18,28-29H,3-8,11-13H2,1-2H3. The molecular weight excluding hydrogens is 431 g/mol. The highest BCUT2D eigenvalue weighted by molar-refractivity contribution is 5.88. The van der Waals surface area contributed by atoms with Crippen LogP contribution in [0.5, 0.6) is 0 Å². The van der Waals surface area contributed by atoms with E-state index in [-0.39, 0.29) is 43.8 Å². The van der Waals surface area contributed by atoms with Crippen molar-refractivity contribution in [2.75, 3.05) is 32.7 Å². The maximum Gasteiger partial charge on any atom is 0.405 e. The van der Waals surface area contributed by atoms with Gasteiger partial charge in [0.05, 0.1) is 6.54 Å². The highest BCUT2D eigenvalue weighted by atomic mass is 19.4. The van der Waals surface area contributed by atoms with Crippen LogP contribution in [-0.2, 0) is 16.6 Å². The van der Waals surface area contributed by atoms with Crippen molar-refractivity contribution >= 4 is 11.7 Å². The average molecular weight is 460 g/mol. The molecule has 1 aliphatic heterocycles. The summed E-state index contributed by atoms with van der Waals surface area (Å²) in [4.78, 5) is 15.4. The third kappa shape index (κ3) is 4.89. The zero-order valence-corrected chi connectivity index (χ0v) is 18.3. The first-order chi connectivity index (χ1) is 15.0. The van der Waals surface area contributed by atoms with Gasteiger partial charge in [-0.3, -0.25) is 10.2 Å². The molecule has 32 heavy (non-hydrogen) atoms. The zero-order valence-electron chi connectivity index (χ0n) is 18.3. The summed E-state index contributed by atoms with van der Waals surface area (Å²) < 4.78 is 65.9. The summed E-state index contributed by atoms with van der Waals surface area (Å²) in [6.07, 6.45) is -2.51. The molecule has 2 atom stereocenters. The van der Waals surface area contributed by atoms with Crippen molar-refractivity contribution in [1.82, 2.24) is 15.1 Å². The summed E-state index contributed by atoms with van der Waals surface area (Å²) in [5, 5.41) is 11.3. The summed E-state index contributed by atoms with van der Waals surface area (Å²) >= 11 is 0. The Balaban J connectivity index is 1.77. The van der Waals surface area contributed by atoms with Crippen LogP contribution in [0.15, 0.2) is 12.1 Å². The number of carbonyl (C=O) groups excluding carboxylic acids is 1. The second kappa shape index (κ2) is 9.33. The monoisotopic (exact) mass is 460 g/mol. The van der Waals surface area contributed by atoms with Crippen LogP contribution < -0.4 is 5.32 Å². The lowest BCUT2D eigenvalue weighted by Gasteiger charge is -2.41. The lowest BCUT2D eigenvalue weighted by molar-refractivity contribution is -0.141. The van der Waals surface area contributed by atoms with E-state index in [1.807, 2.05) is 13.8 Å². The number of alkyl halides is 3. The van der Waals surface area contributed by atoms with E-state index in [4.69, 9.17) is 5.41 Å². The number of carbonyl (C=O) groups is 1. The van der Waals surface area contributed by atoms with E-state index < -0.39 is 29.8 Å². The van der Waals surface area contributed by atoms with Crippen LogP contribution in [0.25, 0.3) is 0 Å². The van der Waals surface area contributed by atoms with Gasteiger partial charge in [0.15, 0.2) is 11.6 Å². The quantitative estimate of drug-likeness (QED) is 0.612. The minimum atomic E-state index is -4.41. The number of piperazine rings is 1. The second-order valence-electron chi connectivity index (χ2n) is 8.55. The highest BCUT2D eigenvalue weighted by Gasteiger charge is 2.45. The van der Waals surface area contributed by atoms with E-state index in [2.05, 4.69) is 5.32 Å². The Morgan fingerprint density at radius 3 is 2.50 bits per heavy atom. The smallest absolute Gasteiger partial charge is 0.348 e. The van der Waals surface area contributed by atoms with Gasteiger partial charge in [-0.1, -0.05) is 13.8 Å². The Kier molecular flexibility index (Phi) is 7.12. The van der Waals surface area contributed by atoms with Crippen LogP contribution in [0.3, 0.4) is 0 Å². The van der Waals surface area contributed by atoms with Gasteiger partial charge in [0, 0.05) is 31.0 Å². The molecule has 1 heterocycles. The Morgan fingerprint density at radius 1 is 1.22 bits per heavy atom. The Hall–Kier alpha value is -2.23. The van der Waals surface area contributed by atoms with Crippen molar-refractivity contribution in [3.63, 3.8) is 0 Å². The molecular formula is C22H29F5N4O. The first-order valence-corrected chi connectivity index (χ1v) is 10.9. The summed E-state index contributed by atoms with van der Waals surface area (Å²) in [6.45, 7) is 3.08. The molecule has 3 rings (SSSR count). The lowest BCUT2D eigenvalue weighted by atomic mass is 9.71. The molecule has 1 aliphatic carbocycles. The van der Waals surface area contributed by atoms with E-state index in [9.17, 15) is 26.7 Å². The normalized spacial score (nSPS) is 22.3. The van der Waals surface area contributed by atoms with Crippen molar-refractivity contribution in [2.45, 2.75) is 57.2 Å². The maximum absolute atomic E-state index is 14.1. The highest BCUT2D eigenvalue weighted by Crippen LogP contribution is 2.46. The molecule has 2 N–H and O–H groups in total. The molecule has 0 spiro atoms. The second-order valence-corrected chi connectivity index (χ2v) is 8.55. The largest absolute Gasteiger partial charge is 0.405 e. The van der Waals surface area contributed by atoms with E-state index >= 15 is 0 Å². The fraction of sp³-hybridized carbons (Fsp3) is 0.636. The Morgan fingerprint density at radius 2 is 1.91 bits per heavy atom. The predicted octanol–water partition coefficient (Wildman–Crippen LogP) is 3.61. The molecule has 2 aliphatic rings. The molecule has 0 radical (unpaired) electrons. The third-order valence-electron chi connectivity index (χ3n) is 6.74. The van der Waals surface area contributed by atoms with Gasteiger partial charge in [-0.25, -0.2) is 8.78 Å². The van der Waals surface area contributed by atoms with Crippen molar-refractivity contribution in [3.8, 4) is 0 Å². The van der Waals surface area contributed by atoms with Gasteiger partial charge < -0.3 is 15.1 Å². The van der Waals surface area contributed by atoms with Crippen molar-refractivity contribution < 1.29 is 26.7 Å². The van der Waals surface area contributed by atoms with Crippen LogP contribution in [0, 0.1) is 17.0 Å². The van der Waals surface area contributed by atoms with Gasteiger partial charge in [-0.05, 0) is 49.1 Å². The van der Waals surface area contributed by atoms with Gasteiger partial charge in [0.1, 0.15) is 12.4 Å². The fourth-order valence-corrected chi connectivity index (χ4v) is 5.08. The molecule has 0 saturated carbocycles. The summed E-state index contributed by atoms with van der Waals surface area (Å²) in [6, 6.07) is 2.12. The van der Waals surface area contributed by atoms with E-state index in [1.165, 1.54) is 17.0 Å². The number of rotatable bonds is 7. The van der Waals surface area contributed by atoms with Crippen LogP contribution in [0.1, 0.15) is 44.2 Å². The molecule has 1 fully saturated rings. The molecule has 2 unspecified atom stereocenters. The lowest BCUT2D eigenvalue weighted by Crippen LogP contribution is -2.56. The number of amidine groups is 1. The molecule has 5 nitrogen and oxygen atoms in total. The number of hydrogen-bond donors (Lipinski definition) is 2. The SMILES string of the molecule is CCNC(CC(=O)N1CCN(CC(F)(F)F)C(=N)C1)C1(CC)CCc2cc(F)c(F)cc21. The van der Waals surface area contributed by atoms with Gasteiger partial charge in [-0.2, -0.15) is 13.2 Å². The Bertz CT molecular complexity index is 875. The number of benzene rings is 1. The number of hydrogen-bond acceptors (Lipinski definition) is 3. The average Bonchev–Trinajstić information content (AvgIpc) is 3.07. The minimum Gasteiger partial charge on any atom is -0.348 e. The van der Waals surface area contributed by atoms with Gasteiger partial charge in [0.25, 0.3) is 0 Å².